The Balaban J connectivity index is 1.37. The summed E-state index contributed by atoms with van der Waals surface area (Å²) < 4.78 is 7.13. The third kappa shape index (κ3) is 3.24. The molecule has 2 saturated heterocycles. The van der Waals surface area contributed by atoms with E-state index in [1.165, 1.54) is 19.3 Å². The molecule has 1 saturated carbocycles. The quantitative estimate of drug-likeness (QED) is 0.812. The molecule has 7 nitrogen and oxygen atoms in total. The maximum Gasteiger partial charge on any atom is 0.274 e. The minimum atomic E-state index is 0.0267. The number of ether oxygens (including phenoxy) is 1. The van der Waals surface area contributed by atoms with Crippen molar-refractivity contribution in [2.45, 2.75) is 32.1 Å². The molecule has 3 aliphatic rings. The molecular formula is C19H28N4O3. The molecular weight excluding hydrogens is 332 g/mol. The summed E-state index contributed by atoms with van der Waals surface area (Å²) >= 11 is 0. The van der Waals surface area contributed by atoms with Gasteiger partial charge in [0, 0.05) is 45.8 Å². The number of likely N-dealkylation sites (tertiary alicyclic amines) is 1. The number of amides is 2. The van der Waals surface area contributed by atoms with Gasteiger partial charge in [-0.2, -0.15) is 0 Å². The Kier molecular flexibility index (Phi) is 4.73. The zero-order valence-electron chi connectivity index (χ0n) is 15.5. The summed E-state index contributed by atoms with van der Waals surface area (Å²) in [5.74, 6) is 0.685. The Labute approximate surface area is 154 Å². The van der Waals surface area contributed by atoms with Gasteiger partial charge in [0.25, 0.3) is 5.91 Å². The lowest BCUT2D eigenvalue weighted by atomic mass is 9.62. The van der Waals surface area contributed by atoms with Crippen LogP contribution in [-0.4, -0.2) is 70.6 Å². The lowest BCUT2D eigenvalue weighted by molar-refractivity contribution is -0.135. The minimum Gasteiger partial charge on any atom is -0.378 e. The van der Waals surface area contributed by atoms with Crippen LogP contribution in [0.15, 0.2) is 12.5 Å². The summed E-state index contributed by atoms with van der Waals surface area (Å²) in [5, 5.41) is 0. The highest BCUT2D eigenvalue weighted by molar-refractivity contribution is 5.92. The zero-order valence-corrected chi connectivity index (χ0v) is 15.5. The molecule has 1 spiro atoms. The van der Waals surface area contributed by atoms with Gasteiger partial charge in [-0.05, 0) is 30.6 Å². The van der Waals surface area contributed by atoms with E-state index in [-0.39, 0.29) is 17.2 Å². The third-order valence-electron chi connectivity index (χ3n) is 6.44. The van der Waals surface area contributed by atoms with Gasteiger partial charge in [-0.25, -0.2) is 4.98 Å². The van der Waals surface area contributed by atoms with Gasteiger partial charge >= 0.3 is 0 Å². The summed E-state index contributed by atoms with van der Waals surface area (Å²) in [6.07, 6.45) is 8.50. The van der Waals surface area contributed by atoms with Gasteiger partial charge in [-0.3, -0.25) is 9.59 Å². The van der Waals surface area contributed by atoms with Crippen LogP contribution in [0.3, 0.4) is 0 Å². The maximum atomic E-state index is 12.8. The smallest absolute Gasteiger partial charge is 0.274 e. The first-order valence-corrected chi connectivity index (χ1v) is 9.70. The standard InChI is InChI=1S/C19H28N4O3/c1-21-12-16(20-14-21)18(25)23-11-15(19(13-23)5-2-6-19)3-4-17(24)22-7-9-26-10-8-22/h12,14-15H,2-11,13H2,1H3. The second-order valence-corrected chi connectivity index (χ2v) is 8.05. The third-order valence-corrected chi connectivity index (χ3v) is 6.44. The SMILES string of the molecule is Cn1cnc(C(=O)N2CC(CCC(=O)N3CCOCC3)C3(CCC3)C2)c1. The Morgan fingerprint density at radius 3 is 2.65 bits per heavy atom. The van der Waals surface area contributed by atoms with E-state index in [1.807, 2.05) is 16.8 Å². The van der Waals surface area contributed by atoms with Crippen LogP contribution in [0.1, 0.15) is 42.6 Å². The Bertz CT molecular complexity index is 676. The first-order chi connectivity index (χ1) is 12.6. The van der Waals surface area contributed by atoms with Crippen molar-refractivity contribution in [3.8, 4) is 0 Å². The monoisotopic (exact) mass is 360 g/mol. The van der Waals surface area contributed by atoms with Gasteiger partial charge in [0.05, 0.1) is 19.5 Å². The maximum absolute atomic E-state index is 12.8. The number of imidazole rings is 1. The Morgan fingerprint density at radius 1 is 1.27 bits per heavy atom. The van der Waals surface area contributed by atoms with E-state index in [2.05, 4.69) is 4.98 Å². The largest absolute Gasteiger partial charge is 0.378 e. The molecule has 0 N–H and O–H groups in total. The fraction of sp³-hybridized carbons (Fsp3) is 0.737. The van der Waals surface area contributed by atoms with Gasteiger partial charge in [-0.1, -0.05) is 6.42 Å². The number of hydrogen-bond donors (Lipinski definition) is 0. The van der Waals surface area contributed by atoms with Crippen molar-refractivity contribution in [1.82, 2.24) is 19.4 Å². The number of nitrogens with zero attached hydrogens (tertiary/aromatic N) is 4. The summed E-state index contributed by atoms with van der Waals surface area (Å²) in [6, 6.07) is 0. The van der Waals surface area contributed by atoms with Crippen LogP contribution in [0, 0.1) is 11.3 Å². The van der Waals surface area contributed by atoms with Crippen molar-refractivity contribution in [1.29, 1.82) is 0 Å². The molecule has 1 aliphatic carbocycles. The van der Waals surface area contributed by atoms with Gasteiger partial charge in [0.1, 0.15) is 5.69 Å². The summed E-state index contributed by atoms with van der Waals surface area (Å²) in [6.45, 7) is 4.28. The van der Waals surface area contributed by atoms with Crippen LogP contribution >= 0.6 is 0 Å². The number of aromatic nitrogens is 2. The highest BCUT2D eigenvalue weighted by Crippen LogP contribution is 2.53. The van der Waals surface area contributed by atoms with Crippen LogP contribution in [0.4, 0.5) is 0 Å². The fourth-order valence-corrected chi connectivity index (χ4v) is 4.74. The molecule has 0 radical (unpaired) electrons. The molecule has 7 heteroatoms. The number of carbonyl (C=O) groups excluding carboxylic acids is 2. The molecule has 2 amide bonds. The van der Waals surface area contributed by atoms with E-state index in [9.17, 15) is 9.59 Å². The summed E-state index contributed by atoms with van der Waals surface area (Å²) in [7, 11) is 1.88. The van der Waals surface area contributed by atoms with Crippen molar-refractivity contribution in [2.24, 2.45) is 18.4 Å². The number of morpholine rings is 1. The predicted molar refractivity (Wildman–Crippen MR) is 95.5 cm³/mol. The zero-order chi connectivity index (χ0) is 18.1. The average Bonchev–Trinajstić information content (AvgIpc) is 3.23. The molecule has 1 unspecified atom stereocenters. The summed E-state index contributed by atoms with van der Waals surface area (Å²) in [5.41, 5.74) is 0.752. The molecule has 3 heterocycles. The van der Waals surface area contributed by atoms with E-state index in [4.69, 9.17) is 4.74 Å². The Hall–Kier alpha value is -1.89. The van der Waals surface area contributed by atoms with E-state index in [1.54, 1.807) is 17.1 Å². The minimum absolute atomic E-state index is 0.0267. The number of carbonyl (C=O) groups is 2. The van der Waals surface area contributed by atoms with Gasteiger partial charge < -0.3 is 19.1 Å². The molecule has 1 atom stereocenters. The van der Waals surface area contributed by atoms with Crippen molar-refractivity contribution < 1.29 is 14.3 Å². The van der Waals surface area contributed by atoms with E-state index in [0.29, 0.717) is 44.3 Å². The fourth-order valence-electron chi connectivity index (χ4n) is 4.74. The normalized spacial score (nSPS) is 24.7. The van der Waals surface area contributed by atoms with Crippen molar-refractivity contribution in [3.63, 3.8) is 0 Å². The second-order valence-electron chi connectivity index (χ2n) is 8.05. The first kappa shape index (κ1) is 17.5. The van der Waals surface area contributed by atoms with Crippen LogP contribution in [0.25, 0.3) is 0 Å². The number of rotatable bonds is 4. The predicted octanol–water partition coefficient (Wildman–Crippen LogP) is 1.30. The topological polar surface area (TPSA) is 67.7 Å². The molecule has 0 aromatic carbocycles. The first-order valence-electron chi connectivity index (χ1n) is 9.70. The second kappa shape index (κ2) is 7.02. The van der Waals surface area contributed by atoms with Crippen LogP contribution in [0.2, 0.25) is 0 Å². The lowest BCUT2D eigenvalue weighted by Crippen LogP contribution is -2.42. The molecule has 26 heavy (non-hydrogen) atoms. The molecule has 1 aromatic rings. The molecule has 1 aromatic heterocycles. The van der Waals surface area contributed by atoms with Crippen LogP contribution in [-0.2, 0) is 16.6 Å². The summed E-state index contributed by atoms with van der Waals surface area (Å²) in [4.78, 5) is 33.4. The highest BCUT2D eigenvalue weighted by Gasteiger charge is 2.51. The number of hydrogen-bond acceptors (Lipinski definition) is 4. The van der Waals surface area contributed by atoms with Crippen LogP contribution < -0.4 is 0 Å². The molecule has 4 rings (SSSR count). The highest BCUT2D eigenvalue weighted by atomic mass is 16.5. The van der Waals surface area contributed by atoms with E-state index < -0.39 is 0 Å². The molecule has 3 fully saturated rings. The van der Waals surface area contributed by atoms with Crippen molar-refractivity contribution in [3.05, 3.63) is 18.2 Å². The van der Waals surface area contributed by atoms with Gasteiger partial charge in [-0.15, -0.1) is 0 Å². The van der Waals surface area contributed by atoms with E-state index >= 15 is 0 Å². The van der Waals surface area contributed by atoms with Crippen molar-refractivity contribution >= 4 is 11.8 Å². The Morgan fingerprint density at radius 2 is 2.04 bits per heavy atom. The van der Waals surface area contributed by atoms with Gasteiger partial charge in [0.15, 0.2) is 0 Å². The van der Waals surface area contributed by atoms with E-state index in [0.717, 1.165) is 19.5 Å². The average molecular weight is 360 g/mol. The van der Waals surface area contributed by atoms with Gasteiger partial charge in [0.2, 0.25) is 5.91 Å². The molecule has 2 aliphatic heterocycles. The molecule has 142 valence electrons. The van der Waals surface area contributed by atoms with Crippen molar-refractivity contribution in [2.75, 3.05) is 39.4 Å². The van der Waals surface area contributed by atoms with Crippen LogP contribution in [0.5, 0.6) is 0 Å². The number of aryl methyl sites for hydroxylation is 1. The molecule has 0 bridgehead atoms. The lowest BCUT2D eigenvalue weighted by Gasteiger charge is -2.43.